The number of primary sulfonamides is 1. The van der Waals surface area contributed by atoms with Crippen molar-refractivity contribution in [2.75, 3.05) is 19.3 Å². The Labute approximate surface area is 134 Å². The van der Waals surface area contributed by atoms with Gasteiger partial charge in [-0.1, -0.05) is 6.92 Å². The fourth-order valence-electron chi connectivity index (χ4n) is 3.19. The first-order valence-electron chi connectivity index (χ1n) is 6.99. The molecule has 2 aliphatic rings. The second kappa shape index (κ2) is 5.25. The summed E-state index contributed by atoms with van der Waals surface area (Å²) in [4.78, 5) is 2.05. The summed E-state index contributed by atoms with van der Waals surface area (Å²) in [7, 11) is -5.49. The number of thiophene rings is 1. The molecule has 1 fully saturated rings. The molecular weight excluding hydrogens is 346 g/mol. The number of nitrogens with zero attached hydrogens (tertiary/aromatic N) is 1. The van der Waals surface area contributed by atoms with Gasteiger partial charge in [0.1, 0.15) is 8.42 Å². The molecule has 0 radical (unpaired) electrons. The molecule has 0 saturated carbocycles. The number of nitrogens with two attached hydrogens (primary N) is 1. The lowest BCUT2D eigenvalue weighted by Gasteiger charge is -2.45. The van der Waals surface area contributed by atoms with Gasteiger partial charge in [0.25, 0.3) is 0 Å². The average Bonchev–Trinajstić information content (AvgIpc) is 2.86. The van der Waals surface area contributed by atoms with E-state index in [1.807, 2.05) is 11.9 Å². The largest absolute Gasteiger partial charge is 0.304 e. The summed E-state index contributed by atoms with van der Waals surface area (Å²) in [6.07, 6.45) is 0.918. The van der Waals surface area contributed by atoms with E-state index in [0.29, 0.717) is 5.56 Å². The highest BCUT2D eigenvalue weighted by atomic mass is 32.3. The van der Waals surface area contributed by atoms with Gasteiger partial charge >= 0.3 is 0 Å². The molecule has 10 heteroatoms. The van der Waals surface area contributed by atoms with Crippen molar-refractivity contribution in [2.45, 2.75) is 39.9 Å². The van der Waals surface area contributed by atoms with Crippen LogP contribution >= 0.6 is 11.3 Å². The Kier molecular flexibility index (Phi) is 3.90. The van der Waals surface area contributed by atoms with Gasteiger partial charge in [0.2, 0.25) is 10.0 Å². The normalized spacial score (nSPS) is 31.5. The van der Waals surface area contributed by atoms with Gasteiger partial charge in [-0.15, -0.1) is 11.3 Å². The zero-order chi connectivity index (χ0) is 16.3. The smallest absolute Gasteiger partial charge is 0.247 e. The molecule has 3 atom stereocenters. The Bertz CT molecular complexity index is 800. The van der Waals surface area contributed by atoms with E-state index < -0.39 is 19.9 Å². The van der Waals surface area contributed by atoms with Crippen molar-refractivity contribution in [2.24, 2.45) is 5.14 Å². The number of sulfone groups is 1. The topological polar surface area (TPSA) is 110 Å². The van der Waals surface area contributed by atoms with Crippen LogP contribution in [0, 0.1) is 0 Å². The molecule has 3 rings (SSSR count). The minimum Gasteiger partial charge on any atom is -0.304 e. The summed E-state index contributed by atoms with van der Waals surface area (Å²) in [6, 6.07) is 1.29. The number of nitrogens with one attached hydrogen (secondary N) is 1. The fourth-order valence-corrected chi connectivity index (χ4v) is 7.60. The van der Waals surface area contributed by atoms with Crippen LogP contribution in [0.4, 0.5) is 0 Å². The second-order valence-electron chi connectivity index (χ2n) is 5.89. The Balaban J connectivity index is 2.15. The fraction of sp³-hybridized carbons (Fsp3) is 0.667. The molecule has 7 nitrogen and oxygen atoms in total. The van der Waals surface area contributed by atoms with E-state index >= 15 is 0 Å². The SMILES string of the molecule is CCC1CN(C)[C@@H]2CS(=O)(=O)c3sc(S(N)(=O)=O)cc3C2N1. The number of hydrogen-bond donors (Lipinski definition) is 2. The van der Waals surface area contributed by atoms with Crippen molar-refractivity contribution in [3.8, 4) is 0 Å². The molecule has 3 N–H and O–H groups in total. The van der Waals surface area contributed by atoms with Gasteiger partial charge < -0.3 is 5.32 Å². The minimum atomic E-state index is -3.90. The number of hydrogen-bond acceptors (Lipinski definition) is 7. The molecular formula is C12H19N3O4S3. The third-order valence-corrected chi connectivity index (χ3v) is 9.32. The monoisotopic (exact) mass is 365 g/mol. The molecule has 0 bridgehead atoms. The molecule has 0 spiro atoms. The lowest BCUT2D eigenvalue weighted by molar-refractivity contribution is 0.124. The van der Waals surface area contributed by atoms with Crippen LogP contribution in [0.2, 0.25) is 0 Å². The van der Waals surface area contributed by atoms with Crippen LogP contribution in [0.25, 0.3) is 0 Å². The molecule has 22 heavy (non-hydrogen) atoms. The van der Waals surface area contributed by atoms with Crippen molar-refractivity contribution >= 4 is 31.2 Å². The molecule has 3 heterocycles. The van der Waals surface area contributed by atoms with E-state index in [2.05, 4.69) is 12.2 Å². The molecule has 2 unspecified atom stereocenters. The Morgan fingerprint density at radius 3 is 2.77 bits per heavy atom. The third-order valence-electron chi connectivity index (χ3n) is 4.36. The molecule has 0 amide bonds. The summed E-state index contributed by atoms with van der Waals surface area (Å²) in [5.41, 5.74) is 0.537. The molecule has 1 saturated heterocycles. The summed E-state index contributed by atoms with van der Waals surface area (Å²) in [6.45, 7) is 2.84. The number of sulfonamides is 1. The average molecular weight is 366 g/mol. The lowest BCUT2D eigenvalue weighted by atomic mass is 9.96. The number of rotatable bonds is 2. The first-order chi connectivity index (χ1) is 10.1. The van der Waals surface area contributed by atoms with Crippen molar-refractivity contribution in [3.63, 3.8) is 0 Å². The van der Waals surface area contributed by atoms with E-state index in [1.54, 1.807) is 0 Å². The maximum atomic E-state index is 12.5. The highest BCUT2D eigenvalue weighted by Crippen LogP contribution is 2.42. The van der Waals surface area contributed by atoms with Crippen molar-refractivity contribution in [3.05, 3.63) is 11.6 Å². The number of fused-ring (bicyclic) bond motifs is 3. The minimum absolute atomic E-state index is 0.00479. The van der Waals surface area contributed by atoms with Crippen LogP contribution in [0.5, 0.6) is 0 Å². The van der Waals surface area contributed by atoms with Gasteiger partial charge in [-0.05, 0) is 19.5 Å². The van der Waals surface area contributed by atoms with Crippen LogP contribution in [0.15, 0.2) is 14.5 Å². The van der Waals surface area contributed by atoms with E-state index in [4.69, 9.17) is 5.14 Å². The lowest BCUT2D eigenvalue weighted by Crippen LogP contribution is -2.59. The molecule has 124 valence electrons. The van der Waals surface area contributed by atoms with Gasteiger partial charge in [0.05, 0.1) is 11.8 Å². The Morgan fingerprint density at radius 2 is 2.18 bits per heavy atom. The highest BCUT2D eigenvalue weighted by Gasteiger charge is 2.45. The van der Waals surface area contributed by atoms with Crippen LogP contribution in [0.3, 0.4) is 0 Å². The predicted molar refractivity (Wildman–Crippen MR) is 84.1 cm³/mol. The van der Waals surface area contributed by atoms with Gasteiger partial charge in [-0.3, -0.25) is 4.90 Å². The molecule has 0 aromatic carbocycles. The molecule has 1 aromatic heterocycles. The summed E-state index contributed by atoms with van der Waals surface area (Å²) in [5, 5.41) is 8.62. The van der Waals surface area contributed by atoms with Crippen molar-refractivity contribution in [1.82, 2.24) is 10.2 Å². The predicted octanol–water partition coefficient (Wildman–Crippen LogP) is -0.0939. The Morgan fingerprint density at radius 1 is 1.50 bits per heavy atom. The van der Waals surface area contributed by atoms with Crippen LogP contribution < -0.4 is 10.5 Å². The van der Waals surface area contributed by atoms with Gasteiger partial charge in [-0.25, -0.2) is 22.0 Å². The van der Waals surface area contributed by atoms with Gasteiger partial charge in [0.15, 0.2) is 9.84 Å². The third kappa shape index (κ3) is 2.61. The second-order valence-corrected chi connectivity index (χ2v) is 11.0. The number of piperazine rings is 1. The summed E-state index contributed by atoms with van der Waals surface area (Å²) in [5.74, 6) is -0.00479. The maximum absolute atomic E-state index is 12.5. The quantitative estimate of drug-likeness (QED) is 0.758. The van der Waals surface area contributed by atoms with Crippen molar-refractivity contribution < 1.29 is 16.8 Å². The van der Waals surface area contributed by atoms with E-state index in [0.717, 1.165) is 24.3 Å². The molecule has 0 aliphatic carbocycles. The zero-order valence-electron chi connectivity index (χ0n) is 12.3. The van der Waals surface area contributed by atoms with Crippen LogP contribution in [-0.4, -0.2) is 53.2 Å². The first kappa shape index (κ1) is 16.3. The van der Waals surface area contributed by atoms with E-state index in [-0.39, 0.29) is 32.3 Å². The van der Waals surface area contributed by atoms with Crippen molar-refractivity contribution in [1.29, 1.82) is 0 Å². The zero-order valence-corrected chi connectivity index (χ0v) is 14.8. The molecule has 2 aliphatic heterocycles. The Hall–Kier alpha value is -0.520. The van der Waals surface area contributed by atoms with Gasteiger partial charge in [0, 0.05) is 24.2 Å². The summed E-state index contributed by atoms with van der Waals surface area (Å²) >= 11 is 0.756. The van der Waals surface area contributed by atoms with E-state index in [9.17, 15) is 16.8 Å². The summed E-state index contributed by atoms with van der Waals surface area (Å²) < 4.78 is 48.2. The van der Waals surface area contributed by atoms with Crippen LogP contribution in [0.1, 0.15) is 24.9 Å². The standard InChI is InChI=1S/C12H19N3O4S3/c1-3-7-5-15(2)9-6-21(16,17)12-8(11(9)14-7)4-10(20-12)22(13,18)19/h4,7,9,11,14H,3,5-6H2,1-2H3,(H2,13,18,19)/t7?,9-,11?/m1/s1. The maximum Gasteiger partial charge on any atom is 0.247 e. The first-order valence-corrected chi connectivity index (χ1v) is 11.0. The van der Waals surface area contributed by atoms with Crippen LogP contribution in [-0.2, 0) is 19.9 Å². The molecule has 1 aromatic rings. The van der Waals surface area contributed by atoms with Gasteiger partial charge in [-0.2, -0.15) is 0 Å². The number of likely N-dealkylation sites (N-methyl/N-ethyl adjacent to an activating group) is 1. The highest BCUT2D eigenvalue weighted by molar-refractivity contribution is 7.95. The van der Waals surface area contributed by atoms with E-state index in [1.165, 1.54) is 6.07 Å².